The second-order valence-electron chi connectivity index (χ2n) is 7.89. The Labute approximate surface area is 173 Å². The Hall–Kier alpha value is -3.30. The summed E-state index contributed by atoms with van der Waals surface area (Å²) in [4.78, 5) is 33.3. The molecule has 0 unspecified atom stereocenters. The summed E-state index contributed by atoms with van der Waals surface area (Å²) in [7, 11) is 0. The lowest BCUT2D eigenvalue weighted by atomic mass is 9.95. The van der Waals surface area contributed by atoms with Gasteiger partial charge in [-0.1, -0.05) is 18.0 Å². The smallest absolute Gasteiger partial charge is 0.254 e. The van der Waals surface area contributed by atoms with Gasteiger partial charge in [0.25, 0.3) is 5.91 Å². The first kappa shape index (κ1) is 20.0. The van der Waals surface area contributed by atoms with E-state index in [4.69, 9.17) is 10.3 Å². The fourth-order valence-electron chi connectivity index (χ4n) is 4.29. The third kappa shape index (κ3) is 3.42. The molecule has 158 valence electrons. The number of fused-ring (bicyclic) bond motifs is 1. The summed E-state index contributed by atoms with van der Waals surface area (Å²) in [5, 5.41) is 11.4. The van der Waals surface area contributed by atoms with Gasteiger partial charge in [-0.2, -0.15) is 10.1 Å². The van der Waals surface area contributed by atoms with Crippen LogP contribution in [0, 0.1) is 20.8 Å². The van der Waals surface area contributed by atoms with Crippen LogP contribution in [0.5, 0.6) is 0 Å². The summed E-state index contributed by atoms with van der Waals surface area (Å²) in [6, 6.07) is 0. The average Bonchev–Trinajstić information content (AvgIpc) is 3.41. The minimum atomic E-state index is -0.568. The third-order valence-electron chi connectivity index (χ3n) is 5.87. The average molecular weight is 411 g/mol. The van der Waals surface area contributed by atoms with Crippen LogP contribution in [0.15, 0.2) is 10.7 Å². The van der Waals surface area contributed by atoms with Gasteiger partial charge in [-0.25, -0.2) is 9.50 Å². The van der Waals surface area contributed by atoms with E-state index in [2.05, 4.69) is 25.5 Å². The highest BCUT2D eigenvalue weighted by atomic mass is 16.5. The third-order valence-corrected chi connectivity index (χ3v) is 5.87. The molecule has 30 heavy (non-hydrogen) atoms. The standard InChI is InChI=1S/C20H25N7O3/c1-11-14(12(2)27-18(23-11)15(10-22-27)17(21)29)6-7-16(28)25-20(8-4-5-9-20)19-24-13(3)30-26-19/h10H,4-9H2,1-3H3,(H2,21,29)(H,25,28). The molecule has 0 spiro atoms. The minimum absolute atomic E-state index is 0.0726. The van der Waals surface area contributed by atoms with Gasteiger partial charge in [-0.15, -0.1) is 0 Å². The Morgan fingerprint density at radius 1 is 1.23 bits per heavy atom. The van der Waals surface area contributed by atoms with Gasteiger partial charge in [0.05, 0.1) is 6.20 Å². The Morgan fingerprint density at radius 2 is 1.97 bits per heavy atom. The van der Waals surface area contributed by atoms with Crippen molar-refractivity contribution in [2.45, 2.75) is 64.8 Å². The molecule has 10 nitrogen and oxygen atoms in total. The number of nitrogens with two attached hydrogens (primary N) is 1. The zero-order valence-electron chi connectivity index (χ0n) is 17.4. The number of aromatic nitrogens is 5. The summed E-state index contributed by atoms with van der Waals surface area (Å²) >= 11 is 0. The monoisotopic (exact) mass is 411 g/mol. The molecule has 0 saturated heterocycles. The van der Waals surface area contributed by atoms with Crippen molar-refractivity contribution < 1.29 is 14.1 Å². The quantitative estimate of drug-likeness (QED) is 0.628. The largest absolute Gasteiger partial charge is 0.365 e. The lowest BCUT2D eigenvalue weighted by Crippen LogP contribution is -2.44. The van der Waals surface area contributed by atoms with Crippen molar-refractivity contribution in [2.24, 2.45) is 5.73 Å². The zero-order valence-corrected chi connectivity index (χ0v) is 17.4. The van der Waals surface area contributed by atoms with Crippen LogP contribution in [0.2, 0.25) is 0 Å². The van der Waals surface area contributed by atoms with E-state index in [1.165, 1.54) is 6.20 Å². The molecule has 1 aliphatic carbocycles. The van der Waals surface area contributed by atoms with Gasteiger partial charge >= 0.3 is 0 Å². The number of aryl methyl sites for hydroxylation is 3. The molecule has 1 fully saturated rings. The summed E-state index contributed by atoms with van der Waals surface area (Å²) < 4.78 is 6.74. The van der Waals surface area contributed by atoms with Crippen molar-refractivity contribution in [1.29, 1.82) is 0 Å². The van der Waals surface area contributed by atoms with Crippen molar-refractivity contribution in [3.05, 3.63) is 40.4 Å². The van der Waals surface area contributed by atoms with E-state index < -0.39 is 11.4 Å². The van der Waals surface area contributed by atoms with Gasteiger partial charge in [0, 0.05) is 24.7 Å². The molecule has 3 aromatic rings. The van der Waals surface area contributed by atoms with Crippen LogP contribution in [0.1, 0.15) is 71.1 Å². The second kappa shape index (κ2) is 7.51. The number of amides is 2. The molecular formula is C20H25N7O3. The fourth-order valence-corrected chi connectivity index (χ4v) is 4.29. The molecule has 3 aromatic heterocycles. The maximum Gasteiger partial charge on any atom is 0.254 e. The lowest BCUT2D eigenvalue weighted by Gasteiger charge is -2.26. The number of primary amides is 1. The molecule has 2 amide bonds. The molecule has 1 aliphatic rings. The van der Waals surface area contributed by atoms with Crippen molar-refractivity contribution in [1.82, 2.24) is 30.1 Å². The first-order valence-electron chi connectivity index (χ1n) is 10.1. The first-order valence-corrected chi connectivity index (χ1v) is 10.1. The molecule has 3 heterocycles. The van der Waals surface area contributed by atoms with Gasteiger partial charge in [-0.05, 0) is 38.7 Å². The number of carbonyl (C=O) groups excluding carboxylic acids is 2. The molecule has 10 heteroatoms. The highest BCUT2D eigenvalue weighted by Crippen LogP contribution is 2.37. The number of hydrogen-bond donors (Lipinski definition) is 2. The van der Waals surface area contributed by atoms with Gasteiger partial charge in [0.15, 0.2) is 11.5 Å². The van der Waals surface area contributed by atoms with E-state index in [-0.39, 0.29) is 17.9 Å². The summed E-state index contributed by atoms with van der Waals surface area (Å²) in [5.74, 6) is 0.404. The molecular weight excluding hydrogens is 386 g/mol. The molecule has 0 aliphatic heterocycles. The van der Waals surface area contributed by atoms with Gasteiger partial charge in [0.1, 0.15) is 11.1 Å². The van der Waals surface area contributed by atoms with Crippen LogP contribution in [0.25, 0.3) is 5.65 Å². The van der Waals surface area contributed by atoms with E-state index in [9.17, 15) is 9.59 Å². The maximum atomic E-state index is 12.8. The summed E-state index contributed by atoms with van der Waals surface area (Å²) in [6.07, 6.45) is 5.82. The van der Waals surface area contributed by atoms with Crippen LogP contribution in [0.4, 0.5) is 0 Å². The Balaban J connectivity index is 1.52. The number of nitrogens with one attached hydrogen (secondary N) is 1. The van der Waals surface area contributed by atoms with Crippen molar-refractivity contribution in [2.75, 3.05) is 0 Å². The number of rotatable bonds is 6. The lowest BCUT2D eigenvalue weighted by molar-refractivity contribution is -0.123. The second-order valence-corrected chi connectivity index (χ2v) is 7.89. The van der Waals surface area contributed by atoms with E-state index in [0.29, 0.717) is 23.8 Å². The molecule has 0 aromatic carbocycles. The Bertz CT molecular complexity index is 1130. The highest BCUT2D eigenvalue weighted by molar-refractivity contribution is 5.98. The van der Waals surface area contributed by atoms with E-state index in [1.807, 2.05) is 13.8 Å². The highest BCUT2D eigenvalue weighted by Gasteiger charge is 2.41. The number of hydrogen-bond acceptors (Lipinski definition) is 7. The van der Waals surface area contributed by atoms with Gasteiger partial charge in [0.2, 0.25) is 11.8 Å². The molecule has 0 atom stereocenters. The van der Waals surface area contributed by atoms with Crippen molar-refractivity contribution in [3.8, 4) is 0 Å². The molecule has 3 N–H and O–H groups in total. The predicted octanol–water partition coefficient (Wildman–Crippen LogP) is 1.65. The van der Waals surface area contributed by atoms with E-state index in [0.717, 1.165) is 42.6 Å². The van der Waals surface area contributed by atoms with Crippen LogP contribution >= 0.6 is 0 Å². The van der Waals surface area contributed by atoms with E-state index in [1.54, 1.807) is 11.4 Å². The number of carbonyl (C=O) groups is 2. The normalized spacial score (nSPS) is 15.6. The Kier molecular flexibility index (Phi) is 5.00. The Morgan fingerprint density at radius 3 is 2.60 bits per heavy atom. The maximum absolute atomic E-state index is 12.8. The first-order chi connectivity index (χ1) is 14.3. The fraction of sp³-hybridized carbons (Fsp3) is 0.500. The van der Waals surface area contributed by atoms with Gasteiger partial charge in [-0.3, -0.25) is 9.59 Å². The van der Waals surface area contributed by atoms with Crippen molar-refractivity contribution in [3.63, 3.8) is 0 Å². The topological polar surface area (TPSA) is 141 Å². The molecule has 0 bridgehead atoms. The molecule has 0 radical (unpaired) electrons. The van der Waals surface area contributed by atoms with Crippen molar-refractivity contribution >= 4 is 17.5 Å². The number of nitrogens with zero attached hydrogens (tertiary/aromatic N) is 5. The van der Waals surface area contributed by atoms with Crippen LogP contribution in [0.3, 0.4) is 0 Å². The summed E-state index contributed by atoms with van der Waals surface area (Å²) in [5.41, 5.74) is 8.07. The van der Waals surface area contributed by atoms with Gasteiger partial charge < -0.3 is 15.6 Å². The molecule has 1 saturated carbocycles. The van der Waals surface area contributed by atoms with Crippen LogP contribution in [-0.4, -0.2) is 36.6 Å². The predicted molar refractivity (Wildman–Crippen MR) is 107 cm³/mol. The molecule has 4 rings (SSSR count). The zero-order chi connectivity index (χ0) is 21.5. The summed E-state index contributed by atoms with van der Waals surface area (Å²) in [6.45, 7) is 5.50. The van der Waals surface area contributed by atoms with E-state index >= 15 is 0 Å². The van der Waals surface area contributed by atoms with Crippen LogP contribution < -0.4 is 11.1 Å². The minimum Gasteiger partial charge on any atom is -0.365 e. The SMILES string of the molecule is Cc1nc(C2(NC(=O)CCc3c(C)nc4c(C(N)=O)cnn4c3C)CCCC2)no1. The van der Waals surface area contributed by atoms with Crippen LogP contribution in [-0.2, 0) is 16.8 Å².